The fourth-order valence-corrected chi connectivity index (χ4v) is 4.58. The fourth-order valence-electron chi connectivity index (χ4n) is 3.27. The predicted octanol–water partition coefficient (Wildman–Crippen LogP) is 6.41. The number of thioether (sulfide) groups is 1. The molecule has 0 radical (unpaired) electrons. The number of halogens is 2. The Labute approximate surface area is 197 Å². The van der Waals surface area contributed by atoms with Crippen molar-refractivity contribution >= 4 is 40.9 Å². The summed E-state index contributed by atoms with van der Waals surface area (Å²) in [5.74, 6) is 1.67. The number of amides is 1. The van der Waals surface area contributed by atoms with E-state index in [4.69, 9.17) is 23.2 Å². The summed E-state index contributed by atoms with van der Waals surface area (Å²) < 4.78 is 2.07. The normalized spacial score (nSPS) is 12.2. The van der Waals surface area contributed by atoms with E-state index in [1.807, 2.05) is 30.3 Å². The first kappa shape index (κ1) is 23.6. The SMILES string of the molecule is CCn1c(SCc2ccc(Cl)cc2)nnc1[C@H](CC(C)C)NC(=O)c1ccccc1Cl. The summed E-state index contributed by atoms with van der Waals surface area (Å²) in [6, 6.07) is 14.6. The van der Waals surface area contributed by atoms with Crippen molar-refractivity contribution in [2.45, 2.75) is 50.7 Å². The molecule has 1 aromatic heterocycles. The second-order valence-electron chi connectivity index (χ2n) is 7.64. The second-order valence-corrected chi connectivity index (χ2v) is 9.42. The van der Waals surface area contributed by atoms with Gasteiger partial charge in [0.1, 0.15) is 0 Å². The highest BCUT2D eigenvalue weighted by Crippen LogP contribution is 2.28. The van der Waals surface area contributed by atoms with Gasteiger partial charge in [0.15, 0.2) is 11.0 Å². The molecule has 31 heavy (non-hydrogen) atoms. The van der Waals surface area contributed by atoms with Crippen LogP contribution < -0.4 is 5.32 Å². The molecule has 0 aliphatic rings. The van der Waals surface area contributed by atoms with Gasteiger partial charge >= 0.3 is 0 Å². The number of hydrogen-bond donors (Lipinski definition) is 1. The fraction of sp³-hybridized carbons (Fsp3) is 0.348. The minimum Gasteiger partial charge on any atom is -0.342 e. The van der Waals surface area contributed by atoms with Crippen LogP contribution in [0.15, 0.2) is 53.7 Å². The molecule has 0 aliphatic carbocycles. The molecule has 3 aromatic rings. The van der Waals surface area contributed by atoms with Gasteiger partial charge in [-0.05, 0) is 49.1 Å². The topological polar surface area (TPSA) is 59.8 Å². The van der Waals surface area contributed by atoms with Crippen molar-refractivity contribution in [3.63, 3.8) is 0 Å². The summed E-state index contributed by atoms with van der Waals surface area (Å²) >= 11 is 13.8. The van der Waals surface area contributed by atoms with Gasteiger partial charge in [-0.15, -0.1) is 10.2 Å². The third-order valence-electron chi connectivity index (χ3n) is 4.79. The van der Waals surface area contributed by atoms with E-state index in [-0.39, 0.29) is 11.9 Å². The lowest BCUT2D eigenvalue weighted by atomic mass is 10.0. The molecule has 0 fully saturated rings. The number of nitrogens with one attached hydrogen (secondary N) is 1. The lowest BCUT2D eigenvalue weighted by Crippen LogP contribution is -2.31. The molecule has 0 bridgehead atoms. The lowest BCUT2D eigenvalue weighted by Gasteiger charge is -2.21. The maximum absolute atomic E-state index is 12.9. The number of carbonyl (C=O) groups excluding carboxylic acids is 1. The zero-order valence-corrected chi connectivity index (χ0v) is 20.1. The molecule has 3 rings (SSSR count). The van der Waals surface area contributed by atoms with Crippen molar-refractivity contribution in [2.24, 2.45) is 5.92 Å². The summed E-state index contributed by atoms with van der Waals surface area (Å²) in [5, 5.41) is 14.0. The van der Waals surface area contributed by atoms with Gasteiger partial charge < -0.3 is 9.88 Å². The predicted molar refractivity (Wildman–Crippen MR) is 128 cm³/mol. The summed E-state index contributed by atoms with van der Waals surface area (Å²) in [5.41, 5.74) is 1.62. The van der Waals surface area contributed by atoms with Crippen LogP contribution in [-0.4, -0.2) is 20.7 Å². The standard InChI is InChI=1S/C23H26Cl2N4OS/c1-4-29-21(27-28-23(29)31-14-16-9-11-17(24)12-10-16)20(13-15(2)3)26-22(30)18-7-5-6-8-19(18)25/h5-12,15,20H,4,13-14H2,1-3H3,(H,26,30)/t20-/m0/s1. The van der Waals surface area contributed by atoms with Gasteiger partial charge in [-0.1, -0.05) is 73.1 Å². The molecule has 0 aliphatic heterocycles. The molecule has 1 atom stereocenters. The molecule has 8 heteroatoms. The molecule has 0 saturated carbocycles. The minimum absolute atomic E-state index is 0.211. The van der Waals surface area contributed by atoms with Crippen LogP contribution in [0.3, 0.4) is 0 Å². The highest BCUT2D eigenvalue weighted by Gasteiger charge is 2.25. The van der Waals surface area contributed by atoms with E-state index >= 15 is 0 Å². The Morgan fingerprint density at radius 3 is 2.45 bits per heavy atom. The van der Waals surface area contributed by atoms with Gasteiger partial charge in [-0.2, -0.15) is 0 Å². The molecule has 1 N–H and O–H groups in total. The first-order chi connectivity index (χ1) is 14.9. The molecule has 1 amide bonds. The Balaban J connectivity index is 1.81. The van der Waals surface area contributed by atoms with Crippen LogP contribution in [0.2, 0.25) is 10.0 Å². The Bertz CT molecular complexity index is 1020. The molecular formula is C23H26Cl2N4OS. The van der Waals surface area contributed by atoms with Crippen LogP contribution in [0.1, 0.15) is 55.0 Å². The molecule has 0 spiro atoms. The van der Waals surface area contributed by atoms with Crippen molar-refractivity contribution in [1.82, 2.24) is 20.1 Å². The molecule has 0 saturated heterocycles. The summed E-state index contributed by atoms with van der Waals surface area (Å²) in [7, 11) is 0. The average Bonchev–Trinajstić information content (AvgIpc) is 3.15. The number of hydrogen-bond acceptors (Lipinski definition) is 4. The highest BCUT2D eigenvalue weighted by molar-refractivity contribution is 7.98. The molecular weight excluding hydrogens is 451 g/mol. The van der Waals surface area contributed by atoms with E-state index in [0.717, 1.165) is 33.7 Å². The van der Waals surface area contributed by atoms with Gasteiger partial charge in [0.05, 0.1) is 16.6 Å². The smallest absolute Gasteiger partial charge is 0.253 e. The Kier molecular flexibility index (Phi) is 8.41. The Morgan fingerprint density at radius 2 is 1.81 bits per heavy atom. The number of rotatable bonds is 9. The highest BCUT2D eigenvalue weighted by atomic mass is 35.5. The second kappa shape index (κ2) is 11.0. The van der Waals surface area contributed by atoms with Crippen LogP contribution in [-0.2, 0) is 12.3 Å². The van der Waals surface area contributed by atoms with Crippen molar-refractivity contribution in [3.8, 4) is 0 Å². The summed E-state index contributed by atoms with van der Waals surface area (Å²) in [6.45, 7) is 7.01. The van der Waals surface area contributed by atoms with E-state index in [2.05, 4.69) is 40.9 Å². The van der Waals surface area contributed by atoms with Crippen molar-refractivity contribution in [2.75, 3.05) is 0 Å². The Morgan fingerprint density at radius 1 is 1.10 bits per heavy atom. The van der Waals surface area contributed by atoms with Gasteiger partial charge in [-0.3, -0.25) is 4.79 Å². The van der Waals surface area contributed by atoms with Crippen LogP contribution in [0.25, 0.3) is 0 Å². The van der Waals surface area contributed by atoms with Crippen molar-refractivity contribution in [3.05, 3.63) is 75.5 Å². The number of nitrogens with zero attached hydrogens (tertiary/aromatic N) is 3. The maximum Gasteiger partial charge on any atom is 0.253 e. The Hall–Kier alpha value is -2.02. The van der Waals surface area contributed by atoms with E-state index in [9.17, 15) is 4.79 Å². The molecule has 2 aromatic carbocycles. The van der Waals surface area contributed by atoms with Crippen LogP contribution in [0, 0.1) is 5.92 Å². The number of carbonyl (C=O) groups is 1. The largest absolute Gasteiger partial charge is 0.342 e. The number of aromatic nitrogens is 3. The van der Waals surface area contributed by atoms with E-state index < -0.39 is 0 Å². The first-order valence-electron chi connectivity index (χ1n) is 10.2. The summed E-state index contributed by atoms with van der Waals surface area (Å²) in [4.78, 5) is 12.9. The molecule has 1 heterocycles. The zero-order chi connectivity index (χ0) is 22.4. The maximum atomic E-state index is 12.9. The van der Waals surface area contributed by atoms with Crippen LogP contribution in [0.5, 0.6) is 0 Å². The first-order valence-corrected chi connectivity index (χ1v) is 12.0. The van der Waals surface area contributed by atoms with Crippen LogP contribution >= 0.6 is 35.0 Å². The summed E-state index contributed by atoms with van der Waals surface area (Å²) in [6.07, 6.45) is 0.746. The third kappa shape index (κ3) is 6.25. The average molecular weight is 477 g/mol. The van der Waals surface area contributed by atoms with E-state index in [1.165, 1.54) is 0 Å². The van der Waals surface area contributed by atoms with E-state index in [0.29, 0.717) is 23.0 Å². The molecule has 5 nitrogen and oxygen atoms in total. The van der Waals surface area contributed by atoms with Gasteiger partial charge in [0.2, 0.25) is 0 Å². The quantitative estimate of drug-likeness (QED) is 0.362. The minimum atomic E-state index is -0.263. The zero-order valence-electron chi connectivity index (χ0n) is 17.8. The van der Waals surface area contributed by atoms with Crippen molar-refractivity contribution < 1.29 is 4.79 Å². The third-order valence-corrected chi connectivity index (χ3v) is 6.40. The van der Waals surface area contributed by atoms with Crippen LogP contribution in [0.4, 0.5) is 0 Å². The van der Waals surface area contributed by atoms with E-state index in [1.54, 1.807) is 30.0 Å². The van der Waals surface area contributed by atoms with Gasteiger partial charge in [0.25, 0.3) is 5.91 Å². The van der Waals surface area contributed by atoms with Gasteiger partial charge in [-0.25, -0.2) is 0 Å². The molecule has 164 valence electrons. The van der Waals surface area contributed by atoms with Gasteiger partial charge in [0, 0.05) is 17.3 Å². The monoisotopic (exact) mass is 476 g/mol. The number of benzene rings is 2. The van der Waals surface area contributed by atoms with Crippen molar-refractivity contribution in [1.29, 1.82) is 0 Å². The molecule has 0 unspecified atom stereocenters. The lowest BCUT2D eigenvalue weighted by molar-refractivity contribution is 0.0929.